The lowest BCUT2D eigenvalue weighted by atomic mass is 10.2. The van der Waals surface area contributed by atoms with Crippen LogP contribution in [0.2, 0.25) is 0 Å². The number of amides is 1. The van der Waals surface area contributed by atoms with Crippen molar-refractivity contribution in [2.24, 2.45) is 5.84 Å². The molecular weight excluding hydrogens is 228 g/mol. The summed E-state index contributed by atoms with van der Waals surface area (Å²) in [6.45, 7) is 2.09. The van der Waals surface area contributed by atoms with E-state index in [1.165, 1.54) is 0 Å². The van der Waals surface area contributed by atoms with E-state index in [1.807, 2.05) is 24.5 Å². The van der Waals surface area contributed by atoms with Crippen LogP contribution in [0.3, 0.4) is 0 Å². The summed E-state index contributed by atoms with van der Waals surface area (Å²) in [6, 6.07) is 3.90. The molecule has 5 nitrogen and oxygen atoms in total. The van der Waals surface area contributed by atoms with E-state index in [2.05, 4.69) is 31.1 Å². The van der Waals surface area contributed by atoms with Gasteiger partial charge in [-0.05, 0) is 6.07 Å². The average Bonchev–Trinajstić information content (AvgIpc) is 2.27. The third-order valence-electron chi connectivity index (χ3n) is 2.69. The van der Waals surface area contributed by atoms with Crippen molar-refractivity contribution in [2.45, 2.75) is 19.4 Å². The smallest absolute Gasteiger partial charge is 0.238 e. The van der Waals surface area contributed by atoms with E-state index >= 15 is 0 Å². The molecule has 1 aromatic heterocycles. The van der Waals surface area contributed by atoms with E-state index in [0.717, 1.165) is 29.6 Å². The topological polar surface area (TPSA) is 59.0 Å². The highest BCUT2D eigenvalue weighted by molar-refractivity contribution is 5.77. The Morgan fingerprint density at radius 2 is 2.17 bits per heavy atom. The van der Waals surface area contributed by atoms with Crippen LogP contribution in [0.1, 0.15) is 12.0 Å². The van der Waals surface area contributed by atoms with Gasteiger partial charge in [-0.2, -0.15) is 0 Å². The molecule has 1 amide bonds. The molecule has 0 saturated carbocycles. The average molecular weight is 252 g/mol. The van der Waals surface area contributed by atoms with Gasteiger partial charge in [0.15, 0.2) is 18.9 Å². The molecule has 0 aliphatic heterocycles. The fourth-order valence-corrected chi connectivity index (χ4v) is 1.78. The number of hydrazine groups is 1. The van der Waals surface area contributed by atoms with Crippen LogP contribution in [-0.4, -0.2) is 38.1 Å². The van der Waals surface area contributed by atoms with Crippen molar-refractivity contribution >= 4 is 5.91 Å². The lowest BCUT2D eigenvalue weighted by Crippen LogP contribution is -2.40. The molecule has 0 radical (unpaired) electrons. The van der Waals surface area contributed by atoms with E-state index in [4.69, 9.17) is 5.84 Å². The number of nitrogens with zero attached hydrogens (tertiary/aromatic N) is 2. The molecule has 0 fully saturated rings. The zero-order valence-electron chi connectivity index (χ0n) is 11.5. The number of pyridine rings is 1. The highest BCUT2D eigenvalue weighted by Gasteiger charge is 2.10. The van der Waals surface area contributed by atoms with Crippen LogP contribution >= 0.6 is 0 Å². The van der Waals surface area contributed by atoms with Crippen LogP contribution in [0, 0.1) is 0 Å². The van der Waals surface area contributed by atoms with Crippen LogP contribution in [-0.2, 0) is 17.8 Å². The number of carbonyl (C=O) groups excluding carboxylic acids is 1. The Morgan fingerprint density at radius 1 is 1.44 bits per heavy atom. The molecule has 18 heavy (non-hydrogen) atoms. The monoisotopic (exact) mass is 252 g/mol. The van der Waals surface area contributed by atoms with Gasteiger partial charge in [-0.1, -0.05) is 0 Å². The van der Waals surface area contributed by atoms with Crippen molar-refractivity contribution in [3.05, 3.63) is 30.1 Å². The van der Waals surface area contributed by atoms with Crippen molar-refractivity contribution in [1.29, 1.82) is 0 Å². The van der Waals surface area contributed by atoms with Crippen LogP contribution in [0.25, 0.3) is 0 Å². The predicted molar refractivity (Wildman–Crippen MR) is 70.2 cm³/mol. The molecule has 0 spiro atoms. The summed E-state index contributed by atoms with van der Waals surface area (Å²) in [5.74, 6) is 4.91. The Morgan fingerprint density at radius 3 is 2.78 bits per heavy atom. The minimum atomic E-state index is -0.167. The first-order chi connectivity index (χ1) is 8.40. The highest BCUT2D eigenvalue weighted by Crippen LogP contribution is 1.97. The van der Waals surface area contributed by atoms with Gasteiger partial charge in [0.1, 0.15) is 0 Å². The first-order valence-corrected chi connectivity index (χ1v) is 6.18. The van der Waals surface area contributed by atoms with Crippen molar-refractivity contribution in [3.8, 4) is 0 Å². The number of nitrogens with one attached hydrogen (secondary N) is 1. The highest BCUT2D eigenvalue weighted by atomic mass is 16.2. The number of quaternary nitrogens is 1. The molecule has 0 bridgehead atoms. The van der Waals surface area contributed by atoms with Gasteiger partial charge in [0.25, 0.3) is 0 Å². The fraction of sp³-hybridized carbons (Fsp3) is 0.538. The van der Waals surface area contributed by atoms with Gasteiger partial charge in [-0.25, -0.2) is 10.4 Å². The molecule has 0 aliphatic rings. The summed E-state index contributed by atoms with van der Waals surface area (Å²) in [5, 5.41) is 0. The molecule has 0 atom stereocenters. The molecule has 5 heteroatoms. The first kappa shape index (κ1) is 14.6. The summed E-state index contributed by atoms with van der Waals surface area (Å²) >= 11 is 0. The zero-order valence-corrected chi connectivity index (χ0v) is 11.5. The van der Waals surface area contributed by atoms with Gasteiger partial charge in [-0.15, -0.1) is 0 Å². The SMILES string of the molecule is C[N+](C)(C)CCC[n+]1cccc(CC(=O)NN)c1. The second-order valence-corrected chi connectivity index (χ2v) is 5.56. The summed E-state index contributed by atoms with van der Waals surface area (Å²) in [5.41, 5.74) is 3.12. The summed E-state index contributed by atoms with van der Waals surface area (Å²) in [4.78, 5) is 11.2. The minimum Gasteiger partial charge on any atom is -0.331 e. The van der Waals surface area contributed by atoms with Crippen molar-refractivity contribution in [1.82, 2.24) is 5.43 Å². The zero-order chi connectivity index (χ0) is 13.6. The number of rotatable bonds is 6. The molecule has 3 N–H and O–H groups in total. The van der Waals surface area contributed by atoms with Gasteiger partial charge in [-0.3, -0.25) is 10.2 Å². The Bertz CT molecular complexity index is 398. The summed E-state index contributed by atoms with van der Waals surface area (Å²) < 4.78 is 3.09. The van der Waals surface area contributed by atoms with Gasteiger partial charge < -0.3 is 4.48 Å². The Labute approximate surface area is 109 Å². The van der Waals surface area contributed by atoms with Gasteiger partial charge >= 0.3 is 0 Å². The number of hydrogen-bond donors (Lipinski definition) is 2. The predicted octanol–water partition coefficient (Wildman–Crippen LogP) is -0.397. The lowest BCUT2D eigenvalue weighted by Gasteiger charge is -2.22. The fourth-order valence-electron chi connectivity index (χ4n) is 1.78. The van der Waals surface area contributed by atoms with E-state index in [9.17, 15) is 4.79 Å². The van der Waals surface area contributed by atoms with E-state index in [-0.39, 0.29) is 5.91 Å². The standard InChI is InChI=1S/C13H23N4O/c1-17(2,3)9-5-8-16-7-4-6-12(11-16)10-13(18)15-14/h4,6-7,11H,5,8-10,14H2,1-3H3/q+1/p+1. The van der Waals surface area contributed by atoms with E-state index in [1.54, 1.807) is 0 Å². The molecule has 0 aliphatic carbocycles. The van der Waals surface area contributed by atoms with Crippen LogP contribution in [0.5, 0.6) is 0 Å². The second kappa shape index (κ2) is 6.47. The maximum absolute atomic E-state index is 11.2. The van der Waals surface area contributed by atoms with Gasteiger partial charge in [0.2, 0.25) is 5.91 Å². The lowest BCUT2D eigenvalue weighted by molar-refractivity contribution is -0.873. The number of nitrogens with two attached hydrogens (primary N) is 1. The van der Waals surface area contributed by atoms with Crippen molar-refractivity contribution in [2.75, 3.05) is 27.7 Å². The molecule has 0 unspecified atom stereocenters. The van der Waals surface area contributed by atoms with Crippen LogP contribution in [0.4, 0.5) is 0 Å². The van der Waals surface area contributed by atoms with Crippen molar-refractivity contribution in [3.63, 3.8) is 0 Å². The Balaban J connectivity index is 2.52. The van der Waals surface area contributed by atoms with Gasteiger partial charge in [0, 0.05) is 11.6 Å². The number of aryl methyl sites for hydroxylation is 1. The third kappa shape index (κ3) is 5.75. The molecule has 1 aromatic rings. The van der Waals surface area contributed by atoms with Gasteiger partial charge in [0.05, 0.1) is 40.5 Å². The largest absolute Gasteiger partial charge is 0.331 e. The summed E-state index contributed by atoms with van der Waals surface area (Å²) in [6.07, 6.45) is 5.47. The van der Waals surface area contributed by atoms with Crippen LogP contribution in [0.15, 0.2) is 24.5 Å². The molecule has 1 heterocycles. The maximum Gasteiger partial charge on any atom is 0.238 e. The van der Waals surface area contributed by atoms with Crippen LogP contribution < -0.4 is 15.8 Å². The van der Waals surface area contributed by atoms with E-state index < -0.39 is 0 Å². The second-order valence-electron chi connectivity index (χ2n) is 5.56. The van der Waals surface area contributed by atoms with Crippen molar-refractivity contribution < 1.29 is 13.8 Å². The molecule has 0 aromatic carbocycles. The third-order valence-corrected chi connectivity index (χ3v) is 2.69. The van der Waals surface area contributed by atoms with E-state index in [0.29, 0.717) is 6.42 Å². The molecule has 1 rings (SSSR count). The normalized spacial score (nSPS) is 11.3. The first-order valence-electron chi connectivity index (χ1n) is 6.18. The molecule has 100 valence electrons. The number of carbonyl (C=O) groups is 1. The summed E-state index contributed by atoms with van der Waals surface area (Å²) in [7, 11) is 6.56. The minimum absolute atomic E-state index is 0.167. The maximum atomic E-state index is 11.2. The quantitative estimate of drug-likeness (QED) is 0.238. The molecule has 0 saturated heterocycles. The Kier molecular flexibility index (Phi) is 5.25. The number of aromatic nitrogens is 1. The molecular formula is C13H24N4O+2. The number of hydrogen-bond acceptors (Lipinski definition) is 2. The Hall–Kier alpha value is -1.46.